The van der Waals surface area contributed by atoms with Gasteiger partial charge in [0.2, 0.25) is 5.91 Å². The van der Waals surface area contributed by atoms with E-state index in [4.69, 9.17) is 0 Å². The highest BCUT2D eigenvalue weighted by atomic mass is 16.2. The van der Waals surface area contributed by atoms with Crippen molar-refractivity contribution in [2.75, 3.05) is 20.1 Å². The van der Waals surface area contributed by atoms with Gasteiger partial charge in [-0.2, -0.15) is 0 Å². The molecule has 2 saturated carbocycles. The third kappa shape index (κ3) is 2.05. The van der Waals surface area contributed by atoms with Gasteiger partial charge in [0.05, 0.1) is 11.7 Å². The number of carbonyl (C=O) groups is 1. The molecule has 1 spiro atoms. The molecular formula is C14H25N3O. The van der Waals surface area contributed by atoms with Crippen molar-refractivity contribution in [3.8, 4) is 0 Å². The molecule has 4 nitrogen and oxygen atoms in total. The average molecular weight is 251 g/mol. The van der Waals surface area contributed by atoms with Gasteiger partial charge in [0, 0.05) is 19.1 Å². The van der Waals surface area contributed by atoms with Crippen LogP contribution in [0.1, 0.15) is 45.4 Å². The highest BCUT2D eigenvalue weighted by Crippen LogP contribution is 2.36. The Morgan fingerprint density at radius 3 is 2.67 bits per heavy atom. The first kappa shape index (κ1) is 12.4. The van der Waals surface area contributed by atoms with E-state index in [0.29, 0.717) is 5.91 Å². The van der Waals surface area contributed by atoms with Crippen LogP contribution in [-0.2, 0) is 4.79 Å². The number of carbonyl (C=O) groups excluding carboxylic acids is 1. The van der Waals surface area contributed by atoms with Crippen LogP contribution in [0.25, 0.3) is 0 Å². The number of likely N-dealkylation sites (N-methyl/N-ethyl adjacent to an activating group) is 1. The summed E-state index contributed by atoms with van der Waals surface area (Å²) in [6.07, 6.45) is 7.34. The van der Waals surface area contributed by atoms with E-state index < -0.39 is 0 Å². The monoisotopic (exact) mass is 251 g/mol. The van der Waals surface area contributed by atoms with Gasteiger partial charge in [-0.1, -0.05) is 12.8 Å². The summed E-state index contributed by atoms with van der Waals surface area (Å²) in [6, 6.07) is 0.784. The fourth-order valence-corrected chi connectivity index (χ4v) is 3.59. The first-order valence-corrected chi connectivity index (χ1v) is 7.41. The van der Waals surface area contributed by atoms with Crippen LogP contribution in [0.3, 0.4) is 0 Å². The molecule has 1 saturated heterocycles. The minimum atomic E-state index is -0.197. The van der Waals surface area contributed by atoms with Crippen molar-refractivity contribution in [2.45, 2.75) is 63.2 Å². The molecule has 1 atom stereocenters. The zero-order chi connectivity index (χ0) is 12.8. The molecule has 18 heavy (non-hydrogen) atoms. The zero-order valence-electron chi connectivity index (χ0n) is 11.6. The molecule has 0 radical (unpaired) electrons. The minimum absolute atomic E-state index is 0.197. The molecule has 1 amide bonds. The van der Waals surface area contributed by atoms with Crippen LogP contribution in [-0.4, -0.2) is 53.6 Å². The summed E-state index contributed by atoms with van der Waals surface area (Å²) in [6.45, 7) is 4.02. The van der Waals surface area contributed by atoms with E-state index in [1.165, 1.54) is 25.7 Å². The smallest absolute Gasteiger partial charge is 0.244 e. The average Bonchev–Trinajstić information content (AvgIpc) is 3.05. The molecule has 3 fully saturated rings. The summed E-state index contributed by atoms with van der Waals surface area (Å²) in [7, 11) is 2.18. The summed E-state index contributed by atoms with van der Waals surface area (Å²) in [5, 5.41) is 3.56. The maximum Gasteiger partial charge on any atom is 0.244 e. The Morgan fingerprint density at radius 1 is 1.39 bits per heavy atom. The van der Waals surface area contributed by atoms with E-state index in [2.05, 4.69) is 29.1 Å². The van der Waals surface area contributed by atoms with Gasteiger partial charge in [0.25, 0.3) is 0 Å². The van der Waals surface area contributed by atoms with Crippen LogP contribution >= 0.6 is 0 Å². The van der Waals surface area contributed by atoms with Crippen molar-refractivity contribution in [3.05, 3.63) is 0 Å². The van der Waals surface area contributed by atoms with Gasteiger partial charge in [-0.3, -0.25) is 10.1 Å². The van der Waals surface area contributed by atoms with E-state index in [1.807, 2.05) is 0 Å². The van der Waals surface area contributed by atoms with Gasteiger partial charge in [-0.05, 0) is 39.7 Å². The standard InChI is InChI=1S/C14H25N3O/c1-11-15-14(7-3-4-8-14)13(18)17(11)10-9-16(2)12-5-6-12/h11-12,15H,3-10H2,1-2H3. The second-order valence-corrected chi connectivity index (χ2v) is 6.32. The highest BCUT2D eigenvalue weighted by molar-refractivity contribution is 5.89. The second kappa shape index (κ2) is 4.49. The summed E-state index contributed by atoms with van der Waals surface area (Å²) >= 11 is 0. The lowest BCUT2D eigenvalue weighted by Crippen LogP contribution is -2.44. The molecule has 1 aliphatic heterocycles. The Bertz CT molecular complexity index is 334. The lowest BCUT2D eigenvalue weighted by Gasteiger charge is -2.25. The van der Waals surface area contributed by atoms with Crippen LogP contribution in [0.2, 0.25) is 0 Å². The fraction of sp³-hybridized carbons (Fsp3) is 0.929. The third-order valence-corrected chi connectivity index (χ3v) is 4.94. The van der Waals surface area contributed by atoms with Gasteiger partial charge in [-0.25, -0.2) is 0 Å². The van der Waals surface area contributed by atoms with Crippen LogP contribution in [0.4, 0.5) is 0 Å². The Morgan fingerprint density at radius 2 is 2.06 bits per heavy atom. The maximum atomic E-state index is 12.6. The van der Waals surface area contributed by atoms with Crippen LogP contribution in [0.5, 0.6) is 0 Å². The molecule has 102 valence electrons. The van der Waals surface area contributed by atoms with Crippen molar-refractivity contribution >= 4 is 5.91 Å². The normalized spacial score (nSPS) is 30.9. The van der Waals surface area contributed by atoms with Gasteiger partial charge in [0.15, 0.2) is 0 Å². The predicted octanol–water partition coefficient (Wildman–Crippen LogP) is 1.17. The molecule has 1 N–H and O–H groups in total. The van der Waals surface area contributed by atoms with E-state index in [1.54, 1.807) is 0 Å². The summed E-state index contributed by atoms with van der Waals surface area (Å²) in [4.78, 5) is 17.0. The number of nitrogens with one attached hydrogen (secondary N) is 1. The van der Waals surface area contributed by atoms with Crippen molar-refractivity contribution in [2.24, 2.45) is 0 Å². The first-order chi connectivity index (χ1) is 8.62. The number of rotatable bonds is 4. The number of hydrogen-bond donors (Lipinski definition) is 1. The fourth-order valence-electron chi connectivity index (χ4n) is 3.59. The largest absolute Gasteiger partial charge is 0.325 e. The molecule has 2 aliphatic carbocycles. The molecule has 3 aliphatic rings. The first-order valence-electron chi connectivity index (χ1n) is 7.41. The maximum absolute atomic E-state index is 12.6. The van der Waals surface area contributed by atoms with E-state index in [0.717, 1.165) is 32.0 Å². The summed E-state index contributed by atoms with van der Waals surface area (Å²) in [5.74, 6) is 0.358. The van der Waals surface area contributed by atoms with Crippen molar-refractivity contribution in [3.63, 3.8) is 0 Å². The second-order valence-electron chi connectivity index (χ2n) is 6.32. The topological polar surface area (TPSA) is 35.6 Å². The number of nitrogens with zero attached hydrogens (tertiary/aromatic N) is 2. The quantitative estimate of drug-likeness (QED) is 0.815. The third-order valence-electron chi connectivity index (χ3n) is 4.94. The van der Waals surface area contributed by atoms with Crippen LogP contribution in [0, 0.1) is 0 Å². The molecule has 1 heterocycles. The molecule has 0 aromatic heterocycles. The minimum Gasteiger partial charge on any atom is -0.325 e. The molecule has 4 heteroatoms. The molecule has 0 bridgehead atoms. The SMILES string of the molecule is CC1NC2(CCCC2)C(=O)N1CCN(C)C1CC1. The summed E-state index contributed by atoms with van der Waals surface area (Å²) in [5.41, 5.74) is -0.197. The van der Waals surface area contributed by atoms with Crippen molar-refractivity contribution in [1.82, 2.24) is 15.1 Å². The van der Waals surface area contributed by atoms with E-state index in [-0.39, 0.29) is 11.7 Å². The molecular weight excluding hydrogens is 226 g/mol. The Balaban J connectivity index is 1.59. The molecule has 0 aromatic rings. The Hall–Kier alpha value is -0.610. The van der Waals surface area contributed by atoms with E-state index in [9.17, 15) is 4.79 Å². The number of amides is 1. The van der Waals surface area contributed by atoms with Gasteiger partial charge in [-0.15, -0.1) is 0 Å². The Labute approximate surface area is 110 Å². The molecule has 0 aromatic carbocycles. The van der Waals surface area contributed by atoms with Crippen LogP contribution < -0.4 is 5.32 Å². The molecule has 1 unspecified atom stereocenters. The highest BCUT2D eigenvalue weighted by Gasteiger charge is 2.50. The van der Waals surface area contributed by atoms with Gasteiger partial charge < -0.3 is 9.80 Å². The van der Waals surface area contributed by atoms with Crippen molar-refractivity contribution in [1.29, 1.82) is 0 Å². The van der Waals surface area contributed by atoms with Gasteiger partial charge >= 0.3 is 0 Å². The lowest BCUT2D eigenvalue weighted by molar-refractivity contribution is -0.133. The van der Waals surface area contributed by atoms with Crippen LogP contribution in [0.15, 0.2) is 0 Å². The van der Waals surface area contributed by atoms with Crippen molar-refractivity contribution < 1.29 is 4.79 Å². The summed E-state index contributed by atoms with van der Waals surface area (Å²) < 4.78 is 0. The predicted molar refractivity (Wildman–Crippen MR) is 71.2 cm³/mol. The molecule has 3 rings (SSSR count). The zero-order valence-corrected chi connectivity index (χ0v) is 11.6. The lowest BCUT2D eigenvalue weighted by atomic mass is 9.98. The van der Waals surface area contributed by atoms with E-state index >= 15 is 0 Å². The van der Waals surface area contributed by atoms with Gasteiger partial charge in [0.1, 0.15) is 0 Å². The Kier molecular flexibility index (Phi) is 3.10. The number of hydrogen-bond acceptors (Lipinski definition) is 3.